The average Bonchev–Trinajstić information content (AvgIpc) is 3.15. The molecule has 3 heterocycles. The summed E-state index contributed by atoms with van der Waals surface area (Å²) >= 11 is 1.52. The summed E-state index contributed by atoms with van der Waals surface area (Å²) in [5.74, 6) is 2.39. The lowest BCUT2D eigenvalue weighted by atomic mass is 9.95. The maximum atomic E-state index is 10.9. The number of hydrogen-bond acceptors (Lipinski definition) is 6. The van der Waals surface area contributed by atoms with E-state index in [1.54, 1.807) is 4.52 Å². The molecule has 2 aromatic heterocycles. The third-order valence-electron chi connectivity index (χ3n) is 5.11. The third kappa shape index (κ3) is 3.53. The minimum Gasteiger partial charge on any atom is -0.494 e. The Hall–Kier alpha value is -2.12. The van der Waals surface area contributed by atoms with E-state index in [4.69, 9.17) is 4.74 Å². The molecule has 6 nitrogen and oxygen atoms in total. The Morgan fingerprint density at radius 2 is 2.11 bits per heavy atom. The number of aromatic hydroxyl groups is 1. The van der Waals surface area contributed by atoms with Crippen LogP contribution in [-0.4, -0.2) is 44.3 Å². The molecule has 0 amide bonds. The van der Waals surface area contributed by atoms with Gasteiger partial charge in [0, 0.05) is 6.54 Å². The number of hydrogen-bond donors (Lipinski definition) is 1. The van der Waals surface area contributed by atoms with Crippen molar-refractivity contribution in [2.45, 2.75) is 39.7 Å². The Morgan fingerprint density at radius 1 is 1.33 bits per heavy atom. The van der Waals surface area contributed by atoms with Crippen LogP contribution in [0.2, 0.25) is 0 Å². The van der Waals surface area contributed by atoms with Gasteiger partial charge >= 0.3 is 0 Å². The van der Waals surface area contributed by atoms with Crippen molar-refractivity contribution in [3.63, 3.8) is 0 Å². The summed E-state index contributed by atoms with van der Waals surface area (Å²) in [5, 5.41) is 15.2. The molecule has 1 fully saturated rings. The van der Waals surface area contributed by atoms with Crippen LogP contribution in [0, 0.1) is 12.8 Å². The first-order valence-electron chi connectivity index (χ1n) is 9.58. The van der Waals surface area contributed by atoms with E-state index in [1.807, 2.05) is 26.0 Å². The van der Waals surface area contributed by atoms with Crippen LogP contribution in [0.3, 0.4) is 0 Å². The van der Waals surface area contributed by atoms with E-state index >= 15 is 0 Å². The number of fused-ring (bicyclic) bond motifs is 1. The molecule has 7 heteroatoms. The molecule has 0 spiro atoms. The van der Waals surface area contributed by atoms with E-state index in [9.17, 15) is 5.11 Å². The highest BCUT2D eigenvalue weighted by atomic mass is 32.1. The summed E-state index contributed by atoms with van der Waals surface area (Å²) in [4.78, 5) is 8.56. The zero-order valence-corrected chi connectivity index (χ0v) is 16.9. The van der Waals surface area contributed by atoms with Crippen LogP contribution in [0.4, 0.5) is 0 Å². The molecule has 0 radical (unpaired) electrons. The lowest BCUT2D eigenvalue weighted by molar-refractivity contribution is 0.149. The second-order valence-corrected chi connectivity index (χ2v) is 8.30. The Labute approximate surface area is 163 Å². The maximum Gasteiger partial charge on any atom is 0.230 e. The van der Waals surface area contributed by atoms with E-state index in [0.717, 1.165) is 34.2 Å². The molecule has 1 N–H and O–H groups in total. The molecular weight excluding hydrogens is 360 g/mol. The van der Waals surface area contributed by atoms with Crippen LogP contribution in [0.5, 0.6) is 11.6 Å². The summed E-state index contributed by atoms with van der Waals surface area (Å²) in [6.45, 7) is 8.82. The van der Waals surface area contributed by atoms with E-state index in [-0.39, 0.29) is 11.9 Å². The zero-order chi connectivity index (χ0) is 19.0. The van der Waals surface area contributed by atoms with Gasteiger partial charge in [-0.25, -0.2) is 4.98 Å². The highest BCUT2D eigenvalue weighted by Gasteiger charge is 2.31. The highest BCUT2D eigenvalue weighted by molar-refractivity contribution is 7.17. The molecule has 0 bridgehead atoms. The molecule has 0 aliphatic carbocycles. The van der Waals surface area contributed by atoms with Crippen LogP contribution in [0.15, 0.2) is 24.3 Å². The second-order valence-electron chi connectivity index (χ2n) is 7.29. The van der Waals surface area contributed by atoms with Crippen molar-refractivity contribution in [3.8, 4) is 11.6 Å². The number of piperidine rings is 1. The second kappa shape index (κ2) is 7.48. The summed E-state index contributed by atoms with van der Waals surface area (Å²) in [5.41, 5.74) is 1.16. The summed E-state index contributed by atoms with van der Waals surface area (Å²) in [6.07, 6.45) is 2.43. The first-order chi connectivity index (χ1) is 13.1. The minimum absolute atomic E-state index is 0.00256. The summed E-state index contributed by atoms with van der Waals surface area (Å²) < 4.78 is 7.16. The van der Waals surface area contributed by atoms with Crippen LogP contribution < -0.4 is 4.74 Å². The predicted molar refractivity (Wildman–Crippen MR) is 107 cm³/mol. The number of aromatic nitrogens is 3. The first kappa shape index (κ1) is 18.3. The number of likely N-dealkylation sites (tertiary alicyclic amines) is 1. The minimum atomic E-state index is -0.00256. The Morgan fingerprint density at radius 3 is 2.78 bits per heavy atom. The predicted octanol–water partition coefficient (Wildman–Crippen LogP) is 4.02. The topological polar surface area (TPSA) is 62.9 Å². The number of nitrogens with zero attached hydrogens (tertiary/aromatic N) is 4. The first-order valence-corrected chi connectivity index (χ1v) is 10.4. The van der Waals surface area contributed by atoms with Gasteiger partial charge in [-0.2, -0.15) is 4.52 Å². The smallest absolute Gasteiger partial charge is 0.230 e. The van der Waals surface area contributed by atoms with Gasteiger partial charge in [0.1, 0.15) is 11.6 Å². The van der Waals surface area contributed by atoms with Gasteiger partial charge < -0.3 is 9.84 Å². The fraction of sp³-hybridized carbons (Fsp3) is 0.500. The van der Waals surface area contributed by atoms with Crippen LogP contribution in [0.25, 0.3) is 4.96 Å². The fourth-order valence-electron chi connectivity index (χ4n) is 3.93. The lowest BCUT2D eigenvalue weighted by Crippen LogP contribution is -2.37. The number of ether oxygens (including phenoxy) is 1. The van der Waals surface area contributed by atoms with Crippen molar-refractivity contribution in [2.24, 2.45) is 5.92 Å². The number of thiazole rings is 1. The van der Waals surface area contributed by atoms with Crippen molar-refractivity contribution >= 4 is 16.3 Å². The summed E-state index contributed by atoms with van der Waals surface area (Å²) in [7, 11) is 0. The van der Waals surface area contributed by atoms with Gasteiger partial charge in [-0.05, 0) is 56.8 Å². The Balaban J connectivity index is 1.77. The Kier molecular flexibility index (Phi) is 5.06. The molecule has 0 unspecified atom stereocenters. The van der Waals surface area contributed by atoms with Crippen molar-refractivity contribution in [2.75, 3.05) is 19.7 Å². The van der Waals surface area contributed by atoms with Gasteiger partial charge in [-0.3, -0.25) is 4.90 Å². The molecule has 1 aliphatic heterocycles. The molecule has 1 saturated heterocycles. The van der Waals surface area contributed by atoms with Gasteiger partial charge in [0.2, 0.25) is 10.8 Å². The Bertz CT molecular complexity index is 918. The van der Waals surface area contributed by atoms with Crippen molar-refractivity contribution in [3.05, 3.63) is 40.5 Å². The molecular formula is C20H26N4O2S. The highest BCUT2D eigenvalue weighted by Crippen LogP contribution is 2.41. The fourth-order valence-corrected chi connectivity index (χ4v) is 5.09. The molecule has 2 atom stereocenters. The van der Waals surface area contributed by atoms with Gasteiger partial charge in [0.15, 0.2) is 0 Å². The van der Waals surface area contributed by atoms with Crippen LogP contribution in [-0.2, 0) is 0 Å². The standard InChI is InChI=1S/C20H26N4O2S/c1-4-26-16-9-7-15(8-10-16)17(23-11-5-6-13(2)12-23)18-19(25)24-20(27-18)21-14(3)22-24/h7-10,13,17,25H,4-6,11-12H2,1-3H3/t13-,17-/m0/s1. The van der Waals surface area contributed by atoms with Gasteiger partial charge in [-0.1, -0.05) is 30.4 Å². The van der Waals surface area contributed by atoms with Gasteiger partial charge in [-0.15, -0.1) is 5.10 Å². The van der Waals surface area contributed by atoms with Gasteiger partial charge in [0.05, 0.1) is 17.5 Å². The quantitative estimate of drug-likeness (QED) is 0.717. The van der Waals surface area contributed by atoms with Crippen molar-refractivity contribution < 1.29 is 9.84 Å². The average molecular weight is 387 g/mol. The molecule has 0 saturated carbocycles. The number of benzene rings is 1. The third-order valence-corrected chi connectivity index (χ3v) is 6.19. The van der Waals surface area contributed by atoms with E-state index in [2.05, 4.69) is 34.0 Å². The van der Waals surface area contributed by atoms with Crippen LogP contribution in [0.1, 0.15) is 49.0 Å². The van der Waals surface area contributed by atoms with Crippen molar-refractivity contribution in [1.82, 2.24) is 19.5 Å². The molecule has 3 aromatic rings. The van der Waals surface area contributed by atoms with E-state index < -0.39 is 0 Å². The number of rotatable bonds is 5. The molecule has 1 aromatic carbocycles. The molecule has 4 rings (SSSR count). The van der Waals surface area contributed by atoms with E-state index in [0.29, 0.717) is 18.3 Å². The zero-order valence-electron chi connectivity index (χ0n) is 16.1. The molecule has 27 heavy (non-hydrogen) atoms. The largest absolute Gasteiger partial charge is 0.494 e. The van der Waals surface area contributed by atoms with Crippen molar-refractivity contribution in [1.29, 1.82) is 0 Å². The number of aryl methyl sites for hydroxylation is 1. The molecule has 144 valence electrons. The molecule has 1 aliphatic rings. The van der Waals surface area contributed by atoms with Gasteiger partial charge in [0.25, 0.3) is 0 Å². The lowest BCUT2D eigenvalue weighted by Gasteiger charge is -2.37. The monoisotopic (exact) mass is 386 g/mol. The maximum absolute atomic E-state index is 10.9. The normalized spacial score (nSPS) is 19.4. The summed E-state index contributed by atoms with van der Waals surface area (Å²) in [6, 6.07) is 8.23. The van der Waals surface area contributed by atoms with Crippen LogP contribution >= 0.6 is 11.3 Å². The SMILES string of the molecule is CCOc1ccc([C@@H](c2sc3nc(C)nn3c2O)N2CCC[C@H](C)C2)cc1. The van der Waals surface area contributed by atoms with E-state index in [1.165, 1.54) is 24.2 Å².